The molecular weight excluding hydrogens is 316 g/mol. The highest BCUT2D eigenvalue weighted by molar-refractivity contribution is 9.10. The normalized spacial score (nSPS) is 16.6. The average molecular weight is 341 g/mol. The van der Waals surface area contributed by atoms with Crippen LogP contribution in [-0.2, 0) is 11.3 Å². The fourth-order valence-electron chi connectivity index (χ4n) is 2.54. The van der Waals surface area contributed by atoms with Gasteiger partial charge in [-0.25, -0.2) is 0 Å². The number of rotatable bonds is 5. The van der Waals surface area contributed by atoms with Gasteiger partial charge in [0.05, 0.1) is 5.69 Å². The monoisotopic (exact) mass is 340 g/mol. The zero-order valence-corrected chi connectivity index (χ0v) is 14.2. The molecule has 1 aliphatic heterocycles. The van der Waals surface area contributed by atoms with E-state index < -0.39 is 0 Å². The molecule has 3 nitrogen and oxygen atoms in total. The minimum atomic E-state index is 0.512. The first-order chi connectivity index (χ1) is 9.58. The fraction of sp³-hybridized carbons (Fsp3) is 0.625. The van der Waals surface area contributed by atoms with Crippen LogP contribution >= 0.6 is 15.9 Å². The number of hydrogen-bond donors (Lipinski definition) is 1. The van der Waals surface area contributed by atoms with Gasteiger partial charge in [-0.3, -0.25) is 0 Å². The van der Waals surface area contributed by atoms with Crippen LogP contribution in [0.4, 0.5) is 5.69 Å². The van der Waals surface area contributed by atoms with Crippen LogP contribution in [0.5, 0.6) is 0 Å². The smallest absolute Gasteiger partial charge is 0.0510 e. The molecule has 0 atom stereocenters. The van der Waals surface area contributed by atoms with Crippen molar-refractivity contribution in [2.45, 2.75) is 45.3 Å². The van der Waals surface area contributed by atoms with E-state index in [-0.39, 0.29) is 0 Å². The van der Waals surface area contributed by atoms with Gasteiger partial charge in [-0.05, 0) is 46.5 Å². The van der Waals surface area contributed by atoms with E-state index in [1.165, 1.54) is 15.7 Å². The number of nitrogens with one attached hydrogen (secondary N) is 1. The molecule has 1 saturated heterocycles. The van der Waals surface area contributed by atoms with Crippen molar-refractivity contribution in [1.29, 1.82) is 0 Å². The van der Waals surface area contributed by atoms with Crippen molar-refractivity contribution in [3.63, 3.8) is 0 Å². The van der Waals surface area contributed by atoms with Crippen molar-refractivity contribution >= 4 is 21.6 Å². The highest BCUT2D eigenvalue weighted by Gasteiger charge is 2.20. The molecule has 0 amide bonds. The molecule has 2 rings (SSSR count). The zero-order valence-electron chi connectivity index (χ0n) is 12.7. The first-order valence-electron chi connectivity index (χ1n) is 7.40. The second-order valence-corrected chi connectivity index (χ2v) is 6.63. The Bertz CT molecular complexity index is 430. The summed E-state index contributed by atoms with van der Waals surface area (Å²) in [6.07, 6.45) is 2.22. The Balaban J connectivity index is 2.04. The molecule has 0 spiro atoms. The van der Waals surface area contributed by atoms with Gasteiger partial charge in [0.15, 0.2) is 0 Å². The highest BCUT2D eigenvalue weighted by atomic mass is 79.9. The molecule has 4 heteroatoms. The van der Waals surface area contributed by atoms with Crippen LogP contribution in [0.15, 0.2) is 22.7 Å². The number of ether oxygens (including phenoxy) is 1. The fourth-order valence-corrected chi connectivity index (χ4v) is 3.24. The Kier molecular flexibility index (Phi) is 5.87. The summed E-state index contributed by atoms with van der Waals surface area (Å²) in [7, 11) is 2.18. The summed E-state index contributed by atoms with van der Waals surface area (Å²) >= 11 is 3.72. The second-order valence-electron chi connectivity index (χ2n) is 5.78. The Morgan fingerprint density at radius 2 is 2.05 bits per heavy atom. The summed E-state index contributed by atoms with van der Waals surface area (Å²) in [6.45, 7) is 7.01. The van der Waals surface area contributed by atoms with Crippen molar-refractivity contribution in [2.75, 3.05) is 25.2 Å². The molecule has 0 aliphatic carbocycles. The topological polar surface area (TPSA) is 24.5 Å². The molecule has 20 heavy (non-hydrogen) atoms. The van der Waals surface area contributed by atoms with Crippen molar-refractivity contribution in [1.82, 2.24) is 5.32 Å². The predicted molar refractivity (Wildman–Crippen MR) is 88.4 cm³/mol. The molecule has 1 aromatic carbocycles. The lowest BCUT2D eigenvalue weighted by Crippen LogP contribution is -2.36. The van der Waals surface area contributed by atoms with Crippen LogP contribution in [0.3, 0.4) is 0 Å². The minimum Gasteiger partial charge on any atom is -0.381 e. The summed E-state index contributed by atoms with van der Waals surface area (Å²) in [4.78, 5) is 2.38. The Hall–Kier alpha value is -0.580. The van der Waals surface area contributed by atoms with E-state index in [2.05, 4.69) is 65.2 Å². The first kappa shape index (κ1) is 15.8. The molecule has 1 heterocycles. The molecule has 1 N–H and O–H groups in total. The maximum atomic E-state index is 5.44. The van der Waals surface area contributed by atoms with Crippen molar-refractivity contribution < 1.29 is 4.74 Å². The Morgan fingerprint density at radius 3 is 2.65 bits per heavy atom. The lowest BCUT2D eigenvalue weighted by Gasteiger charge is -2.33. The van der Waals surface area contributed by atoms with Crippen LogP contribution in [0.25, 0.3) is 0 Å². The molecule has 112 valence electrons. The van der Waals surface area contributed by atoms with Crippen molar-refractivity contribution in [3.05, 3.63) is 28.2 Å². The number of benzene rings is 1. The first-order valence-corrected chi connectivity index (χ1v) is 8.19. The van der Waals surface area contributed by atoms with E-state index >= 15 is 0 Å². The third kappa shape index (κ3) is 4.21. The highest BCUT2D eigenvalue weighted by Crippen LogP contribution is 2.30. The van der Waals surface area contributed by atoms with E-state index in [1.807, 2.05) is 0 Å². The lowest BCUT2D eigenvalue weighted by molar-refractivity contribution is 0.0854. The Labute approximate surface area is 130 Å². The van der Waals surface area contributed by atoms with Crippen LogP contribution in [0.2, 0.25) is 0 Å². The van der Waals surface area contributed by atoms with Gasteiger partial charge < -0.3 is 15.0 Å². The minimum absolute atomic E-state index is 0.512. The van der Waals surface area contributed by atoms with Gasteiger partial charge in [-0.1, -0.05) is 19.9 Å². The molecule has 1 aromatic rings. The standard InChI is InChI=1S/C16H25BrN2O/c1-12(2)18-11-13-4-5-16(15(17)10-13)19(3)14-6-8-20-9-7-14/h4-5,10,12,14,18H,6-9,11H2,1-3H3. The summed E-state index contributed by atoms with van der Waals surface area (Å²) in [5, 5.41) is 3.45. The molecule has 0 aromatic heterocycles. The summed E-state index contributed by atoms with van der Waals surface area (Å²) < 4.78 is 6.62. The third-order valence-electron chi connectivity index (χ3n) is 3.85. The number of nitrogens with zero attached hydrogens (tertiary/aromatic N) is 1. The maximum absolute atomic E-state index is 5.44. The summed E-state index contributed by atoms with van der Waals surface area (Å²) in [5.74, 6) is 0. The molecule has 0 radical (unpaired) electrons. The van der Waals surface area contributed by atoms with Gasteiger partial charge in [0.1, 0.15) is 0 Å². The van der Waals surface area contributed by atoms with Gasteiger partial charge in [0.2, 0.25) is 0 Å². The number of hydrogen-bond acceptors (Lipinski definition) is 3. The summed E-state index contributed by atoms with van der Waals surface area (Å²) in [5.41, 5.74) is 2.58. The quantitative estimate of drug-likeness (QED) is 0.886. The zero-order chi connectivity index (χ0) is 14.5. The van der Waals surface area contributed by atoms with Crippen LogP contribution in [0.1, 0.15) is 32.3 Å². The van der Waals surface area contributed by atoms with Gasteiger partial charge >= 0.3 is 0 Å². The molecule has 0 bridgehead atoms. The number of anilines is 1. The van der Waals surface area contributed by atoms with Crippen molar-refractivity contribution in [3.8, 4) is 0 Å². The largest absolute Gasteiger partial charge is 0.381 e. The molecule has 0 unspecified atom stereocenters. The van der Waals surface area contributed by atoms with Gasteiger partial charge in [-0.2, -0.15) is 0 Å². The maximum Gasteiger partial charge on any atom is 0.0510 e. The van der Waals surface area contributed by atoms with E-state index in [4.69, 9.17) is 4.74 Å². The second kappa shape index (κ2) is 7.43. The van der Waals surface area contributed by atoms with Crippen LogP contribution in [-0.4, -0.2) is 32.3 Å². The molecule has 1 aliphatic rings. The SMILES string of the molecule is CC(C)NCc1ccc(N(C)C2CCOCC2)c(Br)c1. The van der Waals surface area contributed by atoms with E-state index in [0.29, 0.717) is 12.1 Å². The van der Waals surface area contributed by atoms with E-state index in [9.17, 15) is 0 Å². The summed E-state index contributed by atoms with van der Waals surface area (Å²) in [6, 6.07) is 7.75. The van der Waals surface area contributed by atoms with Gasteiger partial charge in [0.25, 0.3) is 0 Å². The van der Waals surface area contributed by atoms with E-state index in [1.54, 1.807) is 0 Å². The van der Waals surface area contributed by atoms with Crippen molar-refractivity contribution in [2.24, 2.45) is 0 Å². The number of halogens is 1. The van der Waals surface area contributed by atoms with E-state index in [0.717, 1.165) is 32.6 Å². The lowest BCUT2D eigenvalue weighted by atomic mass is 10.1. The average Bonchev–Trinajstić information content (AvgIpc) is 2.45. The predicted octanol–water partition coefficient (Wildman–Crippen LogP) is 3.56. The molecular formula is C16H25BrN2O. The van der Waals surface area contributed by atoms with Gasteiger partial charge in [0, 0.05) is 43.4 Å². The molecule has 1 fully saturated rings. The Morgan fingerprint density at radius 1 is 1.35 bits per heavy atom. The van der Waals surface area contributed by atoms with Gasteiger partial charge in [-0.15, -0.1) is 0 Å². The third-order valence-corrected chi connectivity index (χ3v) is 4.48. The van der Waals surface area contributed by atoms with Crippen LogP contribution in [0, 0.1) is 0 Å². The van der Waals surface area contributed by atoms with Crippen LogP contribution < -0.4 is 10.2 Å². The molecule has 0 saturated carbocycles.